The van der Waals surface area contributed by atoms with Crippen LogP contribution in [0, 0.1) is 11.8 Å². The summed E-state index contributed by atoms with van der Waals surface area (Å²) in [5.74, 6) is 1.14. The first-order chi connectivity index (χ1) is 8.75. The van der Waals surface area contributed by atoms with Crippen LogP contribution in [0.2, 0.25) is 0 Å². The smallest absolute Gasteiger partial charge is 0.261 e. The number of hydrogen-bond donors (Lipinski definition) is 0. The van der Waals surface area contributed by atoms with Crippen LogP contribution in [0.25, 0.3) is 0 Å². The third-order valence-corrected chi connectivity index (χ3v) is 4.86. The van der Waals surface area contributed by atoms with Gasteiger partial charge in [-0.25, -0.2) is 0 Å². The van der Waals surface area contributed by atoms with Crippen molar-refractivity contribution in [2.45, 2.75) is 31.7 Å². The fourth-order valence-corrected chi connectivity index (χ4v) is 4.04. The molecule has 2 bridgehead atoms. The Morgan fingerprint density at radius 1 is 0.944 bits per heavy atom. The highest BCUT2D eigenvalue weighted by atomic mass is 16.2. The Hall–Kier alpha value is -1.64. The molecule has 0 aromatic heterocycles. The number of amides is 2. The average molecular weight is 241 g/mol. The topological polar surface area (TPSA) is 37.4 Å². The lowest BCUT2D eigenvalue weighted by Gasteiger charge is -2.29. The zero-order chi connectivity index (χ0) is 12.3. The van der Waals surface area contributed by atoms with Crippen LogP contribution >= 0.6 is 0 Å². The van der Waals surface area contributed by atoms with E-state index in [9.17, 15) is 9.59 Å². The summed E-state index contributed by atoms with van der Waals surface area (Å²) in [4.78, 5) is 26.3. The second kappa shape index (κ2) is 3.44. The molecule has 3 atom stereocenters. The predicted molar refractivity (Wildman–Crippen MR) is 66.2 cm³/mol. The van der Waals surface area contributed by atoms with Crippen molar-refractivity contribution in [3.8, 4) is 0 Å². The lowest BCUT2D eigenvalue weighted by atomic mass is 9.94. The van der Waals surface area contributed by atoms with E-state index in [1.54, 1.807) is 17.0 Å². The van der Waals surface area contributed by atoms with Crippen molar-refractivity contribution in [2.75, 3.05) is 0 Å². The summed E-state index contributed by atoms with van der Waals surface area (Å²) in [6, 6.07) is 7.35. The molecule has 0 saturated heterocycles. The molecule has 1 aromatic rings. The number of benzene rings is 1. The maximum Gasteiger partial charge on any atom is 0.261 e. The number of imide groups is 1. The lowest BCUT2D eigenvalue weighted by Crippen LogP contribution is -2.42. The number of carbonyl (C=O) groups is 2. The zero-order valence-electron chi connectivity index (χ0n) is 10.1. The van der Waals surface area contributed by atoms with Gasteiger partial charge < -0.3 is 0 Å². The Balaban J connectivity index is 1.72. The second-order valence-electron chi connectivity index (χ2n) is 5.77. The Labute approximate surface area is 106 Å². The summed E-state index contributed by atoms with van der Waals surface area (Å²) in [5, 5.41) is 0. The first-order valence-electron chi connectivity index (χ1n) is 6.72. The summed E-state index contributed by atoms with van der Waals surface area (Å²) in [6.45, 7) is 0. The monoisotopic (exact) mass is 241 g/mol. The maximum atomic E-state index is 12.4. The fourth-order valence-electron chi connectivity index (χ4n) is 4.04. The van der Waals surface area contributed by atoms with Crippen molar-refractivity contribution >= 4 is 11.8 Å². The van der Waals surface area contributed by atoms with Crippen LogP contribution in [-0.4, -0.2) is 22.8 Å². The van der Waals surface area contributed by atoms with Gasteiger partial charge in [-0.2, -0.15) is 0 Å². The molecular weight excluding hydrogens is 226 g/mol. The van der Waals surface area contributed by atoms with E-state index in [4.69, 9.17) is 0 Å². The van der Waals surface area contributed by atoms with Crippen LogP contribution < -0.4 is 0 Å². The number of rotatable bonds is 1. The third-order valence-electron chi connectivity index (χ3n) is 4.86. The second-order valence-corrected chi connectivity index (χ2v) is 5.77. The van der Waals surface area contributed by atoms with Gasteiger partial charge in [0.25, 0.3) is 11.8 Å². The Kier molecular flexibility index (Phi) is 1.97. The van der Waals surface area contributed by atoms with Crippen molar-refractivity contribution < 1.29 is 9.59 Å². The molecule has 2 aliphatic carbocycles. The molecule has 1 aromatic carbocycles. The highest BCUT2D eigenvalue weighted by molar-refractivity contribution is 6.21. The summed E-state index contributed by atoms with van der Waals surface area (Å²) >= 11 is 0. The molecule has 2 amide bonds. The molecule has 18 heavy (non-hydrogen) atoms. The van der Waals surface area contributed by atoms with E-state index in [0.717, 1.165) is 12.3 Å². The summed E-state index contributed by atoms with van der Waals surface area (Å²) in [5.41, 5.74) is 1.18. The number of carbonyl (C=O) groups excluding carboxylic acids is 2. The lowest BCUT2D eigenvalue weighted by molar-refractivity contribution is 0.0530. The van der Waals surface area contributed by atoms with Gasteiger partial charge >= 0.3 is 0 Å². The minimum atomic E-state index is -0.0758. The summed E-state index contributed by atoms with van der Waals surface area (Å²) in [7, 11) is 0. The van der Waals surface area contributed by atoms with Gasteiger partial charge in [0, 0.05) is 6.04 Å². The van der Waals surface area contributed by atoms with Crippen molar-refractivity contribution in [1.29, 1.82) is 0 Å². The first kappa shape index (κ1) is 10.3. The molecule has 0 spiro atoms. The third kappa shape index (κ3) is 1.19. The standard InChI is InChI=1S/C15H15NO2/c17-14-11-3-1-2-4-12(11)15(18)16(14)13-8-9-5-6-10(13)7-9/h1-4,9-10,13H,5-8H2/t9-,10+,13-/m0/s1. The van der Waals surface area contributed by atoms with Crippen molar-refractivity contribution in [3.05, 3.63) is 35.4 Å². The molecule has 3 aliphatic rings. The van der Waals surface area contributed by atoms with Gasteiger partial charge in [-0.05, 0) is 43.2 Å². The Bertz CT molecular complexity index is 516. The van der Waals surface area contributed by atoms with E-state index >= 15 is 0 Å². The molecule has 3 nitrogen and oxygen atoms in total. The number of nitrogens with zero attached hydrogens (tertiary/aromatic N) is 1. The minimum absolute atomic E-state index is 0.0758. The molecule has 92 valence electrons. The molecule has 1 heterocycles. The molecule has 0 radical (unpaired) electrons. The van der Waals surface area contributed by atoms with E-state index < -0.39 is 0 Å². The zero-order valence-corrected chi connectivity index (χ0v) is 10.1. The molecule has 3 heteroatoms. The van der Waals surface area contributed by atoms with Crippen LogP contribution in [-0.2, 0) is 0 Å². The van der Waals surface area contributed by atoms with Gasteiger partial charge in [-0.15, -0.1) is 0 Å². The van der Waals surface area contributed by atoms with Crippen molar-refractivity contribution in [1.82, 2.24) is 4.90 Å². The molecule has 4 rings (SSSR count). The Morgan fingerprint density at radius 2 is 1.61 bits per heavy atom. The van der Waals surface area contributed by atoms with Gasteiger partial charge in [0.05, 0.1) is 11.1 Å². The maximum absolute atomic E-state index is 12.4. The van der Waals surface area contributed by atoms with Gasteiger partial charge in [-0.1, -0.05) is 18.6 Å². The number of hydrogen-bond acceptors (Lipinski definition) is 2. The SMILES string of the molecule is O=C1c2ccccc2C(=O)N1[C@H]1C[C@H]2CC[C@@H]1C2. The van der Waals surface area contributed by atoms with Crippen LogP contribution in [0.5, 0.6) is 0 Å². The van der Waals surface area contributed by atoms with E-state index in [-0.39, 0.29) is 17.9 Å². The molecule has 0 unspecified atom stereocenters. The van der Waals surface area contributed by atoms with Crippen LogP contribution in [0.15, 0.2) is 24.3 Å². The first-order valence-corrected chi connectivity index (χ1v) is 6.72. The van der Waals surface area contributed by atoms with Crippen LogP contribution in [0.1, 0.15) is 46.4 Å². The molecular formula is C15H15NO2. The van der Waals surface area contributed by atoms with E-state index in [1.165, 1.54) is 19.3 Å². The van der Waals surface area contributed by atoms with Gasteiger partial charge in [-0.3, -0.25) is 14.5 Å². The quantitative estimate of drug-likeness (QED) is 0.708. The fraction of sp³-hybridized carbons (Fsp3) is 0.467. The molecule has 0 N–H and O–H groups in total. The Morgan fingerprint density at radius 3 is 2.11 bits per heavy atom. The van der Waals surface area contributed by atoms with E-state index in [0.29, 0.717) is 17.0 Å². The summed E-state index contributed by atoms with van der Waals surface area (Å²) in [6.07, 6.45) is 4.70. The molecule has 1 aliphatic heterocycles. The van der Waals surface area contributed by atoms with Gasteiger partial charge in [0.2, 0.25) is 0 Å². The normalized spacial score (nSPS) is 33.3. The predicted octanol–water partition coefficient (Wildman–Crippen LogP) is 2.47. The van der Waals surface area contributed by atoms with Gasteiger partial charge in [0.15, 0.2) is 0 Å². The molecule has 2 saturated carbocycles. The van der Waals surface area contributed by atoms with Gasteiger partial charge in [0.1, 0.15) is 0 Å². The minimum Gasteiger partial charge on any atom is -0.271 e. The highest BCUT2D eigenvalue weighted by Gasteiger charge is 2.49. The van der Waals surface area contributed by atoms with E-state index in [1.807, 2.05) is 12.1 Å². The highest BCUT2D eigenvalue weighted by Crippen LogP contribution is 2.48. The molecule has 2 fully saturated rings. The summed E-state index contributed by atoms with van der Waals surface area (Å²) < 4.78 is 0. The van der Waals surface area contributed by atoms with Crippen molar-refractivity contribution in [2.24, 2.45) is 11.8 Å². The van der Waals surface area contributed by atoms with Crippen LogP contribution in [0.4, 0.5) is 0 Å². The van der Waals surface area contributed by atoms with Crippen molar-refractivity contribution in [3.63, 3.8) is 0 Å². The van der Waals surface area contributed by atoms with Crippen LogP contribution in [0.3, 0.4) is 0 Å². The average Bonchev–Trinajstić information content (AvgIpc) is 3.06. The van der Waals surface area contributed by atoms with E-state index in [2.05, 4.69) is 0 Å². The largest absolute Gasteiger partial charge is 0.271 e. The number of fused-ring (bicyclic) bond motifs is 3.